The van der Waals surface area contributed by atoms with Gasteiger partial charge in [0.15, 0.2) is 19.0 Å². The maximum atomic E-state index is 13.8. The number of hydrogen-bond acceptors (Lipinski definition) is 6. The number of aliphatic hydroxyl groups excluding tert-OH is 1. The Morgan fingerprint density at radius 2 is 1.66 bits per heavy atom. The van der Waals surface area contributed by atoms with Crippen molar-refractivity contribution >= 4 is 23.2 Å². The summed E-state index contributed by atoms with van der Waals surface area (Å²) in [5.41, 5.74) is 8.15. The molecule has 1 aromatic carbocycles. The molecule has 9 heteroatoms. The van der Waals surface area contributed by atoms with Crippen molar-refractivity contribution in [1.82, 2.24) is 10.1 Å². The number of carbonyl (C=O) groups excluding carboxylic acids is 1. The van der Waals surface area contributed by atoms with Crippen LogP contribution in [0.25, 0.3) is 11.1 Å². The molecule has 2 aromatic heterocycles. The second-order valence-electron chi connectivity index (χ2n) is 16.7. The van der Waals surface area contributed by atoms with Crippen LogP contribution in [0.15, 0.2) is 53.8 Å². The average molecular weight is 684 g/mol. The second-order valence-corrected chi connectivity index (χ2v) is 16.7. The van der Waals surface area contributed by atoms with Crippen molar-refractivity contribution in [2.45, 2.75) is 105 Å². The van der Waals surface area contributed by atoms with Gasteiger partial charge in [0.1, 0.15) is 6.20 Å². The van der Waals surface area contributed by atoms with E-state index in [2.05, 4.69) is 62.3 Å². The minimum atomic E-state index is -0.757. The SMILES string of the molecule is CC(C)(C)C(=O)O.C[n+]1ccc(-c2ccc([C@@H](CC[NH+]3CCC(O)CC3)CC(=O)C3=Nc4cc5c(nc4C3)CC[C@H](C(C)(C)C)C5)cc2)cn1. The van der Waals surface area contributed by atoms with Crippen molar-refractivity contribution < 1.29 is 29.4 Å². The molecule has 9 nitrogen and oxygen atoms in total. The van der Waals surface area contributed by atoms with E-state index in [9.17, 15) is 14.7 Å². The first kappa shape index (κ1) is 37.4. The van der Waals surface area contributed by atoms with Crippen molar-refractivity contribution in [2.24, 2.45) is 28.8 Å². The first-order valence-electron chi connectivity index (χ1n) is 18.4. The first-order chi connectivity index (χ1) is 23.6. The topological polar surface area (TPSA) is 121 Å². The molecule has 50 heavy (non-hydrogen) atoms. The number of pyridine rings is 1. The van der Waals surface area contributed by atoms with E-state index < -0.39 is 11.4 Å². The number of quaternary nitrogens is 1. The summed E-state index contributed by atoms with van der Waals surface area (Å²) in [6.07, 6.45) is 10.6. The lowest BCUT2D eigenvalue weighted by molar-refractivity contribution is -0.906. The van der Waals surface area contributed by atoms with Crippen molar-refractivity contribution in [3.8, 4) is 11.1 Å². The smallest absolute Gasteiger partial charge is 0.308 e. The van der Waals surface area contributed by atoms with Crippen LogP contribution in [0.5, 0.6) is 0 Å². The maximum Gasteiger partial charge on any atom is 0.308 e. The van der Waals surface area contributed by atoms with Crippen LogP contribution in [-0.4, -0.2) is 63.5 Å². The average Bonchev–Trinajstić information content (AvgIpc) is 3.49. The van der Waals surface area contributed by atoms with Gasteiger partial charge < -0.3 is 15.1 Å². The molecule has 0 amide bonds. The number of rotatable bonds is 8. The van der Waals surface area contributed by atoms with Gasteiger partial charge in [-0.25, -0.2) is 4.99 Å². The van der Waals surface area contributed by atoms with E-state index in [1.807, 2.05) is 19.4 Å². The van der Waals surface area contributed by atoms with Crippen molar-refractivity contribution in [1.29, 1.82) is 0 Å². The van der Waals surface area contributed by atoms with E-state index in [1.165, 1.54) is 28.1 Å². The number of fused-ring (bicyclic) bond motifs is 2. The van der Waals surface area contributed by atoms with E-state index in [-0.39, 0.29) is 23.2 Å². The Bertz CT molecular complexity index is 1680. The number of nitrogens with one attached hydrogen (secondary N) is 1. The molecule has 2 aliphatic heterocycles. The quantitative estimate of drug-likeness (QED) is 0.287. The summed E-state index contributed by atoms with van der Waals surface area (Å²) in [5, 5.41) is 22.6. The van der Waals surface area contributed by atoms with E-state index in [0.717, 1.165) is 74.2 Å². The van der Waals surface area contributed by atoms with Crippen LogP contribution in [0.4, 0.5) is 5.69 Å². The fraction of sp³-hybridized carbons (Fsp3) is 0.561. The van der Waals surface area contributed by atoms with E-state index in [4.69, 9.17) is 15.1 Å². The number of aliphatic carboxylic acids is 1. The molecule has 1 fully saturated rings. The van der Waals surface area contributed by atoms with Gasteiger partial charge in [0.25, 0.3) is 0 Å². The minimum absolute atomic E-state index is 0.118. The van der Waals surface area contributed by atoms with Gasteiger partial charge in [-0.05, 0) is 85.1 Å². The number of aliphatic imine (C=N–C) groups is 1. The number of piperidine rings is 1. The molecule has 1 aliphatic carbocycles. The highest BCUT2D eigenvalue weighted by Gasteiger charge is 2.32. The van der Waals surface area contributed by atoms with Crippen LogP contribution < -0.4 is 9.58 Å². The summed E-state index contributed by atoms with van der Waals surface area (Å²) in [7, 11) is 1.92. The molecule has 2 atom stereocenters. The van der Waals surface area contributed by atoms with Gasteiger partial charge in [0.05, 0.1) is 48.2 Å². The third-order valence-corrected chi connectivity index (χ3v) is 10.7. The predicted molar refractivity (Wildman–Crippen MR) is 196 cm³/mol. The van der Waals surface area contributed by atoms with Crippen LogP contribution in [0, 0.1) is 16.7 Å². The Hall–Kier alpha value is -3.82. The number of carboxylic acid groups (broad SMARTS) is 1. The third kappa shape index (κ3) is 9.69. The summed E-state index contributed by atoms with van der Waals surface area (Å²) in [6, 6.07) is 13.0. The summed E-state index contributed by atoms with van der Waals surface area (Å²) in [5.74, 6) is 0.145. The molecular formula is C41H57N5O4+2. The molecule has 1 saturated heterocycles. The maximum absolute atomic E-state index is 13.8. The van der Waals surface area contributed by atoms with Crippen LogP contribution >= 0.6 is 0 Å². The molecule has 268 valence electrons. The molecule has 3 aromatic rings. The standard InChI is InChI=1S/C36H46N5O2.C5H10O2/c1-36(2,3)29-9-10-31-28(19-29)20-32-33(38-31)22-34(39-32)35(43)21-26(12-16-41-17-13-30(42)14-18-41)24-5-7-25(8-6-24)27-11-15-40(4)37-23-27;1-5(2,3)4(6)7/h5-8,11,15,20,23,26,29-30,42H,9-10,12-14,16-19,21-22H2,1-4H3;1-3H3,(H,6,7)/q+1;/p+1/t26-,29-;/m0./s1. The summed E-state index contributed by atoms with van der Waals surface area (Å²) in [4.78, 5) is 35.3. The number of aromatic nitrogens is 3. The van der Waals surface area contributed by atoms with Gasteiger partial charge in [0, 0.05) is 49.4 Å². The van der Waals surface area contributed by atoms with E-state index in [1.54, 1.807) is 25.5 Å². The summed E-state index contributed by atoms with van der Waals surface area (Å²) in [6.45, 7) is 15.0. The van der Waals surface area contributed by atoms with Crippen molar-refractivity contribution in [3.05, 3.63) is 71.3 Å². The van der Waals surface area contributed by atoms with Crippen molar-refractivity contribution in [2.75, 3.05) is 19.6 Å². The number of nitrogens with zero attached hydrogens (tertiary/aromatic N) is 4. The number of carboxylic acids is 1. The number of aryl methyl sites for hydroxylation is 2. The number of carbonyl (C=O) groups is 2. The van der Waals surface area contributed by atoms with Crippen molar-refractivity contribution in [3.63, 3.8) is 0 Å². The normalized spacial score (nSPS) is 20.9. The Morgan fingerprint density at radius 3 is 2.26 bits per heavy atom. The molecule has 3 N–H and O–H groups in total. The van der Waals surface area contributed by atoms with Crippen LogP contribution in [0.3, 0.4) is 0 Å². The molecule has 0 unspecified atom stereocenters. The first-order valence-corrected chi connectivity index (χ1v) is 18.4. The highest BCUT2D eigenvalue weighted by Crippen LogP contribution is 2.39. The molecular weight excluding hydrogens is 626 g/mol. The molecule has 3 aliphatic rings. The summed E-state index contributed by atoms with van der Waals surface area (Å²) >= 11 is 0. The van der Waals surface area contributed by atoms with E-state index >= 15 is 0 Å². The zero-order valence-electron chi connectivity index (χ0n) is 31.1. The number of ketones is 1. The molecule has 0 bridgehead atoms. The Balaban J connectivity index is 0.000000630. The molecule has 4 heterocycles. The van der Waals surface area contributed by atoms with Gasteiger partial charge in [-0.3, -0.25) is 14.6 Å². The van der Waals surface area contributed by atoms with Crippen LogP contribution in [0.2, 0.25) is 0 Å². The lowest BCUT2D eigenvalue weighted by atomic mass is 9.71. The zero-order chi connectivity index (χ0) is 36.2. The molecule has 6 rings (SSSR count). The number of likely N-dealkylation sites (tertiary alicyclic amines) is 1. The van der Waals surface area contributed by atoms with Gasteiger partial charge in [-0.2, -0.15) is 0 Å². The largest absolute Gasteiger partial charge is 0.481 e. The summed E-state index contributed by atoms with van der Waals surface area (Å²) < 4.78 is 1.79. The number of Topliss-reactive ketones (excluding diaryl/α,β-unsaturated/α-hetero) is 1. The second kappa shape index (κ2) is 15.6. The number of hydrogen-bond donors (Lipinski definition) is 3. The zero-order valence-corrected chi connectivity index (χ0v) is 31.1. The highest BCUT2D eigenvalue weighted by molar-refractivity contribution is 6.41. The molecule has 0 spiro atoms. The molecule has 0 radical (unpaired) electrons. The van der Waals surface area contributed by atoms with Gasteiger partial charge >= 0.3 is 5.97 Å². The third-order valence-electron chi connectivity index (χ3n) is 10.7. The minimum Gasteiger partial charge on any atom is -0.481 e. The number of aliphatic hydroxyl groups is 1. The van der Waals surface area contributed by atoms with Crippen LogP contribution in [0.1, 0.15) is 102 Å². The fourth-order valence-electron chi connectivity index (χ4n) is 7.07. The number of benzene rings is 1. The lowest BCUT2D eigenvalue weighted by Crippen LogP contribution is -3.13. The van der Waals surface area contributed by atoms with E-state index in [0.29, 0.717) is 24.5 Å². The Labute approximate surface area is 297 Å². The molecule has 0 saturated carbocycles. The van der Waals surface area contributed by atoms with Gasteiger partial charge in [-0.1, -0.05) is 49.7 Å². The van der Waals surface area contributed by atoms with Crippen LogP contribution in [-0.2, 0) is 35.9 Å². The van der Waals surface area contributed by atoms with Gasteiger partial charge in [-0.15, -0.1) is 0 Å². The highest BCUT2D eigenvalue weighted by atomic mass is 16.4. The monoisotopic (exact) mass is 683 g/mol. The Morgan fingerprint density at radius 1 is 0.980 bits per heavy atom. The Kier molecular flexibility index (Phi) is 11.7. The predicted octanol–water partition coefficient (Wildman–Crippen LogP) is 5.04. The lowest BCUT2D eigenvalue weighted by Gasteiger charge is -2.34. The fourth-order valence-corrected chi connectivity index (χ4v) is 7.07. The van der Waals surface area contributed by atoms with Gasteiger partial charge in [0.2, 0.25) is 0 Å².